The second-order valence-corrected chi connectivity index (χ2v) is 3.06. The molecule has 0 spiro atoms. The molecule has 0 bridgehead atoms. The molecule has 68 valence electrons. The molecule has 1 aromatic carbocycles. The molecule has 3 heteroatoms. The molecule has 0 aliphatic carbocycles. The van der Waals surface area contributed by atoms with E-state index in [-0.39, 0.29) is 0 Å². The van der Waals surface area contributed by atoms with Gasteiger partial charge >= 0.3 is 0 Å². The zero-order chi connectivity index (χ0) is 9.26. The Kier molecular flexibility index (Phi) is 2.02. The van der Waals surface area contributed by atoms with Crippen molar-refractivity contribution in [1.29, 1.82) is 0 Å². The standard InChI is InChI=1S/C10H13N3/c1-2-13-10-4-3-8(6-11)5-9(10)7-12-13/h3-5,7H,2,6,11H2,1H3. The second-order valence-electron chi connectivity index (χ2n) is 3.06. The number of rotatable bonds is 2. The molecule has 1 heterocycles. The minimum Gasteiger partial charge on any atom is -0.326 e. The smallest absolute Gasteiger partial charge is 0.0682 e. The molecular weight excluding hydrogens is 162 g/mol. The summed E-state index contributed by atoms with van der Waals surface area (Å²) in [6, 6.07) is 6.22. The van der Waals surface area contributed by atoms with Crippen molar-refractivity contribution in [3.63, 3.8) is 0 Å². The van der Waals surface area contributed by atoms with Crippen LogP contribution >= 0.6 is 0 Å². The van der Waals surface area contributed by atoms with Gasteiger partial charge in [0.1, 0.15) is 0 Å². The highest BCUT2D eigenvalue weighted by Gasteiger charge is 2.00. The first kappa shape index (κ1) is 8.26. The summed E-state index contributed by atoms with van der Waals surface area (Å²) in [5.41, 5.74) is 7.89. The molecule has 0 atom stereocenters. The van der Waals surface area contributed by atoms with Gasteiger partial charge in [-0.05, 0) is 24.6 Å². The minimum absolute atomic E-state index is 0.591. The van der Waals surface area contributed by atoms with Gasteiger partial charge in [0, 0.05) is 18.5 Å². The Morgan fingerprint density at radius 1 is 1.46 bits per heavy atom. The molecule has 2 N–H and O–H groups in total. The van der Waals surface area contributed by atoms with Gasteiger partial charge in [-0.25, -0.2) is 0 Å². The van der Waals surface area contributed by atoms with Gasteiger partial charge in [-0.2, -0.15) is 5.10 Å². The normalized spacial score (nSPS) is 10.9. The average Bonchev–Trinajstić information content (AvgIpc) is 2.59. The van der Waals surface area contributed by atoms with Crippen molar-refractivity contribution in [2.45, 2.75) is 20.0 Å². The lowest BCUT2D eigenvalue weighted by Crippen LogP contribution is -1.97. The monoisotopic (exact) mass is 175 g/mol. The molecule has 13 heavy (non-hydrogen) atoms. The van der Waals surface area contributed by atoms with E-state index in [1.807, 2.05) is 10.9 Å². The quantitative estimate of drug-likeness (QED) is 0.752. The first-order valence-electron chi connectivity index (χ1n) is 4.49. The first-order chi connectivity index (χ1) is 6.35. The molecule has 3 nitrogen and oxygen atoms in total. The number of fused-ring (bicyclic) bond motifs is 1. The lowest BCUT2D eigenvalue weighted by atomic mass is 10.1. The van der Waals surface area contributed by atoms with Crippen LogP contribution in [0.5, 0.6) is 0 Å². The predicted molar refractivity (Wildman–Crippen MR) is 53.3 cm³/mol. The van der Waals surface area contributed by atoms with Crippen LogP contribution in [0.15, 0.2) is 24.4 Å². The lowest BCUT2D eigenvalue weighted by Gasteiger charge is -1.99. The SMILES string of the molecule is CCn1ncc2cc(CN)ccc21. The Labute approximate surface area is 77.2 Å². The van der Waals surface area contributed by atoms with Crippen LogP contribution in [0.4, 0.5) is 0 Å². The van der Waals surface area contributed by atoms with Crippen LogP contribution in [0.3, 0.4) is 0 Å². The van der Waals surface area contributed by atoms with Crippen molar-refractivity contribution in [1.82, 2.24) is 9.78 Å². The largest absolute Gasteiger partial charge is 0.326 e. The van der Waals surface area contributed by atoms with Crippen molar-refractivity contribution in [2.24, 2.45) is 5.73 Å². The van der Waals surface area contributed by atoms with Gasteiger partial charge in [0.25, 0.3) is 0 Å². The van der Waals surface area contributed by atoms with Gasteiger partial charge in [-0.3, -0.25) is 4.68 Å². The number of nitrogens with zero attached hydrogens (tertiary/aromatic N) is 2. The number of hydrogen-bond acceptors (Lipinski definition) is 2. The fourth-order valence-electron chi connectivity index (χ4n) is 1.52. The number of benzene rings is 1. The van der Waals surface area contributed by atoms with E-state index in [9.17, 15) is 0 Å². The van der Waals surface area contributed by atoms with E-state index in [0.29, 0.717) is 6.54 Å². The lowest BCUT2D eigenvalue weighted by molar-refractivity contribution is 0.684. The van der Waals surface area contributed by atoms with Gasteiger partial charge in [0.15, 0.2) is 0 Å². The Morgan fingerprint density at radius 2 is 2.31 bits per heavy atom. The third-order valence-electron chi connectivity index (χ3n) is 2.24. The molecule has 0 saturated carbocycles. The van der Waals surface area contributed by atoms with E-state index in [2.05, 4.69) is 30.2 Å². The van der Waals surface area contributed by atoms with Crippen LogP contribution < -0.4 is 5.73 Å². The van der Waals surface area contributed by atoms with Crippen LogP contribution in [0, 0.1) is 0 Å². The zero-order valence-corrected chi connectivity index (χ0v) is 7.70. The first-order valence-corrected chi connectivity index (χ1v) is 4.49. The molecule has 0 aliphatic heterocycles. The highest BCUT2D eigenvalue weighted by atomic mass is 15.3. The summed E-state index contributed by atoms with van der Waals surface area (Å²) in [7, 11) is 0. The van der Waals surface area contributed by atoms with Gasteiger partial charge < -0.3 is 5.73 Å². The molecule has 2 rings (SSSR count). The van der Waals surface area contributed by atoms with Crippen LogP contribution in [-0.4, -0.2) is 9.78 Å². The van der Waals surface area contributed by atoms with Crippen LogP contribution in [-0.2, 0) is 13.1 Å². The van der Waals surface area contributed by atoms with Crippen LogP contribution in [0.25, 0.3) is 10.9 Å². The van der Waals surface area contributed by atoms with Crippen molar-refractivity contribution >= 4 is 10.9 Å². The Hall–Kier alpha value is -1.35. The van der Waals surface area contributed by atoms with E-state index < -0.39 is 0 Å². The van der Waals surface area contributed by atoms with E-state index in [1.165, 1.54) is 10.9 Å². The summed E-state index contributed by atoms with van der Waals surface area (Å²) in [5, 5.41) is 5.44. The van der Waals surface area contributed by atoms with Crippen molar-refractivity contribution in [3.05, 3.63) is 30.0 Å². The Balaban J connectivity index is 2.61. The highest BCUT2D eigenvalue weighted by Crippen LogP contribution is 2.15. The molecule has 0 radical (unpaired) electrons. The molecule has 0 fully saturated rings. The van der Waals surface area contributed by atoms with Crippen LogP contribution in [0.2, 0.25) is 0 Å². The van der Waals surface area contributed by atoms with Crippen molar-refractivity contribution in [2.75, 3.05) is 0 Å². The summed E-state index contributed by atoms with van der Waals surface area (Å²) in [6.45, 7) is 3.59. The van der Waals surface area contributed by atoms with E-state index >= 15 is 0 Å². The number of nitrogens with two attached hydrogens (primary N) is 1. The molecule has 0 aliphatic rings. The second kappa shape index (κ2) is 3.18. The third-order valence-corrected chi connectivity index (χ3v) is 2.24. The third kappa shape index (κ3) is 1.31. The minimum atomic E-state index is 0.591. The van der Waals surface area contributed by atoms with Gasteiger partial charge in [0.05, 0.1) is 11.7 Å². The fourth-order valence-corrected chi connectivity index (χ4v) is 1.52. The molecular formula is C10H13N3. The van der Waals surface area contributed by atoms with Crippen molar-refractivity contribution < 1.29 is 0 Å². The van der Waals surface area contributed by atoms with Gasteiger partial charge in [-0.1, -0.05) is 6.07 Å². The highest BCUT2D eigenvalue weighted by molar-refractivity contribution is 5.79. The summed E-state index contributed by atoms with van der Waals surface area (Å²) >= 11 is 0. The van der Waals surface area contributed by atoms with Gasteiger partial charge in [-0.15, -0.1) is 0 Å². The average molecular weight is 175 g/mol. The molecule has 0 amide bonds. The zero-order valence-electron chi connectivity index (χ0n) is 7.70. The maximum absolute atomic E-state index is 5.55. The topological polar surface area (TPSA) is 43.8 Å². The summed E-state index contributed by atoms with van der Waals surface area (Å²) in [4.78, 5) is 0. The summed E-state index contributed by atoms with van der Waals surface area (Å²) in [5.74, 6) is 0. The Bertz CT molecular complexity index is 417. The van der Waals surface area contributed by atoms with E-state index in [1.54, 1.807) is 0 Å². The van der Waals surface area contributed by atoms with Gasteiger partial charge in [0.2, 0.25) is 0 Å². The number of aryl methyl sites for hydroxylation is 1. The maximum atomic E-state index is 5.55. The summed E-state index contributed by atoms with van der Waals surface area (Å²) in [6.07, 6.45) is 1.89. The fraction of sp³-hybridized carbons (Fsp3) is 0.300. The van der Waals surface area contributed by atoms with E-state index in [4.69, 9.17) is 5.73 Å². The number of hydrogen-bond donors (Lipinski definition) is 1. The van der Waals surface area contributed by atoms with Crippen molar-refractivity contribution in [3.8, 4) is 0 Å². The number of aromatic nitrogens is 2. The summed E-state index contributed by atoms with van der Waals surface area (Å²) < 4.78 is 1.98. The van der Waals surface area contributed by atoms with E-state index in [0.717, 1.165) is 12.1 Å². The predicted octanol–water partition coefficient (Wildman–Crippen LogP) is 1.51. The molecule has 0 saturated heterocycles. The molecule has 1 aromatic heterocycles. The molecule has 2 aromatic rings. The maximum Gasteiger partial charge on any atom is 0.0682 e. The molecule has 0 unspecified atom stereocenters. The van der Waals surface area contributed by atoms with Crippen LogP contribution in [0.1, 0.15) is 12.5 Å². The Morgan fingerprint density at radius 3 is 3.00 bits per heavy atom.